The van der Waals surface area contributed by atoms with Crippen molar-refractivity contribution in [3.8, 4) is 0 Å². The van der Waals surface area contributed by atoms with Crippen LogP contribution in [0.15, 0.2) is 0 Å². The highest BCUT2D eigenvalue weighted by Crippen LogP contribution is 2.16. The lowest BCUT2D eigenvalue weighted by atomic mass is 10.0. The number of unbranched alkanes of at least 4 members (excludes halogenated alkanes) is 23. The fraction of sp³-hybridized carbons (Fsp3) is 0.932. The number of ether oxygens (including phenoxy) is 3. The summed E-state index contributed by atoms with van der Waals surface area (Å²) in [6.07, 6.45) is 33.8. The first-order chi connectivity index (χ1) is 24.2. The van der Waals surface area contributed by atoms with Crippen LogP contribution in [0, 0.1) is 11.8 Å². The molecule has 1 atom stereocenters. The summed E-state index contributed by atoms with van der Waals surface area (Å²) in [5.41, 5.74) is 0. The van der Waals surface area contributed by atoms with Crippen molar-refractivity contribution >= 4 is 17.9 Å². The van der Waals surface area contributed by atoms with Gasteiger partial charge in [0.05, 0.1) is 0 Å². The van der Waals surface area contributed by atoms with Crippen LogP contribution in [0.25, 0.3) is 0 Å². The van der Waals surface area contributed by atoms with Gasteiger partial charge in [-0.25, -0.2) is 0 Å². The molecule has 0 unspecified atom stereocenters. The lowest BCUT2D eigenvalue weighted by Gasteiger charge is -2.18. The molecule has 0 N–H and O–H groups in total. The van der Waals surface area contributed by atoms with Gasteiger partial charge in [0.2, 0.25) is 0 Å². The van der Waals surface area contributed by atoms with E-state index in [4.69, 9.17) is 14.2 Å². The van der Waals surface area contributed by atoms with Gasteiger partial charge in [-0.3, -0.25) is 14.4 Å². The van der Waals surface area contributed by atoms with E-state index in [0.29, 0.717) is 19.3 Å². The van der Waals surface area contributed by atoms with E-state index in [1.54, 1.807) is 0 Å². The molecule has 0 aromatic carbocycles. The number of hydrogen-bond donors (Lipinski definition) is 0. The zero-order valence-corrected chi connectivity index (χ0v) is 34.0. The normalized spacial score (nSPS) is 12.1. The quantitative estimate of drug-likeness (QED) is 0.0361. The van der Waals surface area contributed by atoms with Crippen LogP contribution in [-0.2, 0) is 28.6 Å². The van der Waals surface area contributed by atoms with Crippen molar-refractivity contribution in [2.75, 3.05) is 13.2 Å². The minimum absolute atomic E-state index is 0.0659. The Hall–Kier alpha value is -1.59. The molecule has 50 heavy (non-hydrogen) atoms. The number of hydrogen-bond acceptors (Lipinski definition) is 6. The number of esters is 3. The molecule has 0 aromatic rings. The van der Waals surface area contributed by atoms with Crippen LogP contribution in [-0.4, -0.2) is 37.2 Å². The zero-order valence-electron chi connectivity index (χ0n) is 34.0. The average molecular weight is 709 g/mol. The fourth-order valence-electron chi connectivity index (χ4n) is 6.40. The summed E-state index contributed by atoms with van der Waals surface area (Å²) in [5.74, 6) is 0.735. The Labute approximate surface area is 310 Å². The Morgan fingerprint density at radius 3 is 0.980 bits per heavy atom. The molecule has 296 valence electrons. The monoisotopic (exact) mass is 709 g/mol. The van der Waals surface area contributed by atoms with Gasteiger partial charge in [0, 0.05) is 19.3 Å². The maximum absolute atomic E-state index is 12.6. The Morgan fingerprint density at radius 1 is 0.380 bits per heavy atom. The minimum atomic E-state index is -0.759. The molecule has 6 nitrogen and oxygen atoms in total. The highest BCUT2D eigenvalue weighted by Gasteiger charge is 2.19. The van der Waals surface area contributed by atoms with Gasteiger partial charge >= 0.3 is 17.9 Å². The second kappa shape index (κ2) is 37.2. The summed E-state index contributed by atoms with van der Waals surface area (Å²) in [4.78, 5) is 37.5. The molecule has 0 heterocycles. The standard InChI is InChI=1S/C44H84O6/c1-6-7-8-9-10-13-20-26-31-36-44(47)50-41(38-49-43(46)35-30-25-21-16-18-23-28-33-40(4)5)37-48-42(45)34-29-24-19-15-12-11-14-17-22-27-32-39(2)3/h39-41H,6-38H2,1-5H3/t41-/m0/s1. The van der Waals surface area contributed by atoms with Crippen molar-refractivity contribution in [2.24, 2.45) is 11.8 Å². The number of carbonyl (C=O) groups is 3. The molecule has 0 spiro atoms. The maximum Gasteiger partial charge on any atom is 0.306 e. The van der Waals surface area contributed by atoms with Crippen LogP contribution in [0.3, 0.4) is 0 Å². The zero-order chi connectivity index (χ0) is 36.9. The first-order valence-corrected chi connectivity index (χ1v) is 21.7. The highest BCUT2D eigenvalue weighted by molar-refractivity contribution is 5.71. The van der Waals surface area contributed by atoms with Crippen LogP contribution >= 0.6 is 0 Å². The molecule has 0 saturated heterocycles. The van der Waals surface area contributed by atoms with Crippen LogP contribution in [0.1, 0.15) is 234 Å². The molecule has 0 fully saturated rings. The lowest BCUT2D eigenvalue weighted by molar-refractivity contribution is -0.167. The summed E-state index contributed by atoms with van der Waals surface area (Å²) >= 11 is 0. The summed E-state index contributed by atoms with van der Waals surface area (Å²) in [5, 5.41) is 0. The van der Waals surface area contributed by atoms with E-state index in [1.165, 1.54) is 122 Å². The third-order valence-corrected chi connectivity index (χ3v) is 9.72. The van der Waals surface area contributed by atoms with Crippen molar-refractivity contribution < 1.29 is 28.6 Å². The second-order valence-electron chi connectivity index (χ2n) is 15.9. The number of carbonyl (C=O) groups excluding carboxylic acids is 3. The van der Waals surface area contributed by atoms with E-state index in [-0.39, 0.29) is 31.1 Å². The van der Waals surface area contributed by atoms with Crippen molar-refractivity contribution in [1.82, 2.24) is 0 Å². The van der Waals surface area contributed by atoms with Gasteiger partial charge in [0.25, 0.3) is 0 Å². The van der Waals surface area contributed by atoms with Gasteiger partial charge in [0.1, 0.15) is 13.2 Å². The third kappa shape index (κ3) is 37.7. The van der Waals surface area contributed by atoms with Crippen molar-refractivity contribution in [3.63, 3.8) is 0 Å². The molecule has 0 radical (unpaired) electrons. The topological polar surface area (TPSA) is 78.9 Å². The predicted molar refractivity (Wildman–Crippen MR) is 210 cm³/mol. The smallest absolute Gasteiger partial charge is 0.306 e. The first kappa shape index (κ1) is 48.4. The van der Waals surface area contributed by atoms with Crippen LogP contribution in [0.4, 0.5) is 0 Å². The van der Waals surface area contributed by atoms with E-state index in [0.717, 1.165) is 69.6 Å². The maximum atomic E-state index is 12.6. The SMILES string of the molecule is CCCCCCCCCCCC(=O)O[C@@H](COC(=O)CCCCCCCCCCCCC(C)C)COC(=O)CCCCCCCCCC(C)C. The van der Waals surface area contributed by atoms with Crippen molar-refractivity contribution in [1.29, 1.82) is 0 Å². The molecule has 0 rings (SSSR count). The molecule has 0 aliphatic carbocycles. The van der Waals surface area contributed by atoms with E-state index < -0.39 is 6.10 Å². The summed E-state index contributed by atoms with van der Waals surface area (Å²) < 4.78 is 16.6. The second-order valence-corrected chi connectivity index (χ2v) is 15.9. The van der Waals surface area contributed by atoms with Gasteiger partial charge in [-0.15, -0.1) is 0 Å². The summed E-state index contributed by atoms with van der Waals surface area (Å²) in [7, 11) is 0. The summed E-state index contributed by atoms with van der Waals surface area (Å²) in [6, 6.07) is 0. The predicted octanol–water partition coefficient (Wildman–Crippen LogP) is 13.4. The Bertz CT molecular complexity index is 764. The van der Waals surface area contributed by atoms with Crippen molar-refractivity contribution in [2.45, 2.75) is 240 Å². The molecule has 0 aliphatic rings. The van der Waals surface area contributed by atoms with Gasteiger partial charge in [-0.05, 0) is 31.1 Å². The number of rotatable bonds is 38. The average Bonchev–Trinajstić information content (AvgIpc) is 3.08. The van der Waals surface area contributed by atoms with Crippen LogP contribution < -0.4 is 0 Å². The van der Waals surface area contributed by atoms with Crippen LogP contribution in [0.5, 0.6) is 0 Å². The van der Waals surface area contributed by atoms with Gasteiger partial charge in [-0.1, -0.05) is 195 Å². The minimum Gasteiger partial charge on any atom is -0.462 e. The molecule has 0 aromatic heterocycles. The van der Waals surface area contributed by atoms with Gasteiger partial charge in [-0.2, -0.15) is 0 Å². The Morgan fingerprint density at radius 2 is 0.660 bits per heavy atom. The molecule has 0 amide bonds. The van der Waals surface area contributed by atoms with Gasteiger partial charge in [0.15, 0.2) is 6.10 Å². The molecule has 0 bridgehead atoms. The van der Waals surface area contributed by atoms with Gasteiger partial charge < -0.3 is 14.2 Å². The lowest BCUT2D eigenvalue weighted by Crippen LogP contribution is -2.30. The molecular formula is C44H84O6. The fourth-order valence-corrected chi connectivity index (χ4v) is 6.40. The molecular weight excluding hydrogens is 624 g/mol. The Balaban J connectivity index is 4.32. The molecule has 6 heteroatoms. The highest BCUT2D eigenvalue weighted by atomic mass is 16.6. The van der Waals surface area contributed by atoms with E-state index in [2.05, 4.69) is 34.6 Å². The molecule has 0 aliphatic heterocycles. The Kier molecular flexibility index (Phi) is 36.0. The first-order valence-electron chi connectivity index (χ1n) is 21.7. The van der Waals surface area contributed by atoms with Crippen LogP contribution in [0.2, 0.25) is 0 Å². The van der Waals surface area contributed by atoms with Crippen molar-refractivity contribution in [3.05, 3.63) is 0 Å². The van der Waals surface area contributed by atoms with E-state index >= 15 is 0 Å². The van der Waals surface area contributed by atoms with E-state index in [1.807, 2.05) is 0 Å². The third-order valence-electron chi connectivity index (χ3n) is 9.72. The summed E-state index contributed by atoms with van der Waals surface area (Å²) in [6.45, 7) is 11.2. The molecule has 0 saturated carbocycles. The largest absolute Gasteiger partial charge is 0.462 e. The van der Waals surface area contributed by atoms with E-state index in [9.17, 15) is 14.4 Å².